The maximum atomic E-state index is 5.38. The lowest BCUT2D eigenvalue weighted by Crippen LogP contribution is -2.36. The van der Waals surface area contributed by atoms with Gasteiger partial charge in [0.2, 0.25) is 0 Å². The lowest BCUT2D eigenvalue weighted by Gasteiger charge is -2.11. The number of nitrogens with one attached hydrogen (secondary N) is 2. The molecule has 2 aromatic heterocycles. The second kappa shape index (κ2) is 9.59. The molecule has 0 aliphatic heterocycles. The van der Waals surface area contributed by atoms with Crippen LogP contribution in [-0.4, -0.2) is 22.7 Å². The Bertz CT molecular complexity index is 611. The van der Waals surface area contributed by atoms with Gasteiger partial charge in [0.1, 0.15) is 5.76 Å². The predicted molar refractivity (Wildman–Crippen MR) is 103 cm³/mol. The number of hydrogen-bond donors (Lipinski definition) is 2. The van der Waals surface area contributed by atoms with Crippen LogP contribution in [0.5, 0.6) is 0 Å². The molecule has 2 aromatic rings. The first-order valence-electron chi connectivity index (χ1n) is 7.69. The summed E-state index contributed by atoms with van der Waals surface area (Å²) in [5.74, 6) is 1.72. The number of nitrogens with zero attached hydrogens (tertiary/aromatic N) is 3. The van der Waals surface area contributed by atoms with E-state index in [1.807, 2.05) is 17.8 Å². The molecule has 0 unspecified atom stereocenters. The maximum absolute atomic E-state index is 5.38. The van der Waals surface area contributed by atoms with Crippen LogP contribution in [0.1, 0.15) is 36.4 Å². The molecule has 0 atom stereocenters. The van der Waals surface area contributed by atoms with Crippen LogP contribution in [0.4, 0.5) is 0 Å². The fourth-order valence-corrected chi connectivity index (χ4v) is 2.38. The molecular formula is C16H26IN5O. The van der Waals surface area contributed by atoms with Crippen molar-refractivity contribution in [3.05, 3.63) is 41.0 Å². The number of aromatic nitrogens is 2. The Kier molecular flexibility index (Phi) is 8.15. The van der Waals surface area contributed by atoms with E-state index in [1.165, 1.54) is 5.56 Å². The van der Waals surface area contributed by atoms with Crippen molar-refractivity contribution in [3.63, 3.8) is 0 Å². The SMILES string of the molecule is CCc1noc(CC)c1CNC(=NC)NCc1ccn(C)c1.I. The average molecular weight is 431 g/mol. The minimum absolute atomic E-state index is 0. The number of rotatable bonds is 6. The van der Waals surface area contributed by atoms with Crippen LogP contribution in [0.25, 0.3) is 0 Å². The van der Waals surface area contributed by atoms with Crippen molar-refractivity contribution in [2.75, 3.05) is 7.05 Å². The van der Waals surface area contributed by atoms with Gasteiger partial charge in [0, 0.05) is 51.6 Å². The fraction of sp³-hybridized carbons (Fsp3) is 0.500. The van der Waals surface area contributed by atoms with Gasteiger partial charge in [-0.15, -0.1) is 24.0 Å². The molecule has 6 nitrogen and oxygen atoms in total. The molecule has 2 heterocycles. The van der Waals surface area contributed by atoms with Crippen LogP contribution in [0, 0.1) is 0 Å². The Morgan fingerprint density at radius 3 is 2.57 bits per heavy atom. The Morgan fingerprint density at radius 2 is 2.00 bits per heavy atom. The zero-order valence-corrected chi connectivity index (χ0v) is 16.5. The lowest BCUT2D eigenvalue weighted by atomic mass is 10.1. The van der Waals surface area contributed by atoms with Gasteiger partial charge in [-0.3, -0.25) is 4.99 Å². The highest BCUT2D eigenvalue weighted by molar-refractivity contribution is 14.0. The third kappa shape index (κ3) is 5.26. The molecule has 23 heavy (non-hydrogen) atoms. The van der Waals surface area contributed by atoms with Gasteiger partial charge in [0.15, 0.2) is 5.96 Å². The Labute approximate surface area is 154 Å². The first-order chi connectivity index (χ1) is 10.7. The van der Waals surface area contributed by atoms with Gasteiger partial charge in [-0.1, -0.05) is 19.0 Å². The van der Waals surface area contributed by atoms with Crippen molar-refractivity contribution >= 4 is 29.9 Å². The molecule has 7 heteroatoms. The van der Waals surface area contributed by atoms with Gasteiger partial charge in [-0.25, -0.2) is 0 Å². The van der Waals surface area contributed by atoms with Gasteiger partial charge in [0.05, 0.1) is 5.69 Å². The molecule has 0 radical (unpaired) electrons. The molecule has 0 saturated carbocycles. The second-order valence-electron chi connectivity index (χ2n) is 5.20. The van der Waals surface area contributed by atoms with E-state index in [-0.39, 0.29) is 24.0 Å². The number of hydrogen-bond acceptors (Lipinski definition) is 3. The Morgan fingerprint density at radius 1 is 1.26 bits per heavy atom. The number of guanidine groups is 1. The van der Waals surface area contributed by atoms with Crippen molar-refractivity contribution in [1.29, 1.82) is 0 Å². The minimum Gasteiger partial charge on any atom is -0.361 e. The van der Waals surface area contributed by atoms with Gasteiger partial charge >= 0.3 is 0 Å². The summed E-state index contributed by atoms with van der Waals surface area (Å²) in [6, 6.07) is 2.09. The van der Waals surface area contributed by atoms with E-state index in [1.54, 1.807) is 7.05 Å². The van der Waals surface area contributed by atoms with Gasteiger partial charge in [0.25, 0.3) is 0 Å². The smallest absolute Gasteiger partial charge is 0.191 e. The minimum atomic E-state index is 0. The summed E-state index contributed by atoms with van der Waals surface area (Å²) >= 11 is 0. The summed E-state index contributed by atoms with van der Waals surface area (Å²) < 4.78 is 7.41. The van der Waals surface area contributed by atoms with E-state index in [9.17, 15) is 0 Å². The molecule has 0 bridgehead atoms. The second-order valence-corrected chi connectivity index (χ2v) is 5.20. The molecule has 128 valence electrons. The first-order valence-corrected chi connectivity index (χ1v) is 7.69. The molecule has 0 spiro atoms. The van der Waals surface area contributed by atoms with E-state index in [4.69, 9.17) is 4.52 Å². The van der Waals surface area contributed by atoms with Crippen LogP contribution in [0.3, 0.4) is 0 Å². The quantitative estimate of drug-likeness (QED) is 0.419. The van der Waals surface area contributed by atoms with E-state index in [2.05, 4.69) is 46.9 Å². The molecule has 0 aromatic carbocycles. The van der Waals surface area contributed by atoms with Crippen LogP contribution >= 0.6 is 24.0 Å². The molecule has 0 aliphatic carbocycles. The van der Waals surface area contributed by atoms with Gasteiger partial charge in [-0.05, 0) is 18.1 Å². The largest absolute Gasteiger partial charge is 0.361 e. The van der Waals surface area contributed by atoms with Crippen LogP contribution in [-0.2, 0) is 33.0 Å². The average Bonchev–Trinajstić information content (AvgIpc) is 3.13. The fourth-order valence-electron chi connectivity index (χ4n) is 2.38. The summed E-state index contributed by atoms with van der Waals surface area (Å²) in [5.41, 5.74) is 3.38. The van der Waals surface area contributed by atoms with Crippen LogP contribution in [0.15, 0.2) is 28.0 Å². The molecule has 0 saturated heterocycles. The van der Waals surface area contributed by atoms with Crippen molar-refractivity contribution in [1.82, 2.24) is 20.4 Å². The molecule has 2 N–H and O–H groups in total. The summed E-state index contributed by atoms with van der Waals surface area (Å²) in [7, 11) is 3.79. The normalized spacial score (nSPS) is 11.2. The number of aliphatic imine (C=N–C) groups is 1. The lowest BCUT2D eigenvalue weighted by molar-refractivity contribution is 0.380. The van der Waals surface area contributed by atoms with Crippen molar-refractivity contribution < 1.29 is 4.52 Å². The monoisotopic (exact) mass is 431 g/mol. The summed E-state index contributed by atoms with van der Waals surface area (Å²) in [5, 5.41) is 10.8. The first kappa shape index (κ1) is 19.5. The molecule has 0 amide bonds. The van der Waals surface area contributed by atoms with Crippen molar-refractivity contribution in [3.8, 4) is 0 Å². The van der Waals surface area contributed by atoms with E-state index in [0.717, 1.165) is 42.4 Å². The zero-order valence-electron chi connectivity index (χ0n) is 14.2. The van der Waals surface area contributed by atoms with Gasteiger partial charge < -0.3 is 19.7 Å². The Hall–Kier alpha value is -1.51. The van der Waals surface area contributed by atoms with E-state index < -0.39 is 0 Å². The standard InChI is InChI=1S/C16H25N5O.HI/c1-5-14-13(15(6-2)22-20-14)10-19-16(17-3)18-9-12-7-8-21(4)11-12;/h7-8,11H,5-6,9-10H2,1-4H3,(H2,17,18,19);1H. The Balaban J connectivity index is 0.00000264. The van der Waals surface area contributed by atoms with Crippen molar-refractivity contribution in [2.24, 2.45) is 12.0 Å². The van der Waals surface area contributed by atoms with Crippen LogP contribution in [0.2, 0.25) is 0 Å². The van der Waals surface area contributed by atoms with Gasteiger partial charge in [-0.2, -0.15) is 0 Å². The summed E-state index contributed by atoms with van der Waals surface area (Å²) in [6.45, 7) is 5.57. The predicted octanol–water partition coefficient (Wildman–Crippen LogP) is 2.62. The highest BCUT2D eigenvalue weighted by atomic mass is 127. The molecule has 0 aliphatic rings. The number of halogens is 1. The highest BCUT2D eigenvalue weighted by Gasteiger charge is 2.13. The maximum Gasteiger partial charge on any atom is 0.191 e. The third-order valence-corrected chi connectivity index (χ3v) is 3.62. The third-order valence-electron chi connectivity index (χ3n) is 3.62. The highest BCUT2D eigenvalue weighted by Crippen LogP contribution is 2.15. The number of aryl methyl sites for hydroxylation is 3. The van der Waals surface area contributed by atoms with E-state index in [0.29, 0.717) is 6.54 Å². The summed E-state index contributed by atoms with van der Waals surface area (Å²) in [6.07, 6.45) is 5.84. The summed E-state index contributed by atoms with van der Waals surface area (Å²) in [4.78, 5) is 4.26. The zero-order chi connectivity index (χ0) is 15.9. The topological polar surface area (TPSA) is 67.4 Å². The molecule has 0 fully saturated rings. The van der Waals surface area contributed by atoms with Crippen LogP contribution < -0.4 is 10.6 Å². The molecule has 2 rings (SSSR count). The van der Waals surface area contributed by atoms with Crippen molar-refractivity contribution in [2.45, 2.75) is 39.8 Å². The molecular weight excluding hydrogens is 405 g/mol. The van der Waals surface area contributed by atoms with E-state index >= 15 is 0 Å².